The molecule has 4 heteroatoms. The smallest absolute Gasteiger partial charge is 0.359 e. The molecular weight excluding hydrogens is 374 g/mol. The van der Waals surface area contributed by atoms with Gasteiger partial charge in [-0.25, -0.2) is 9.59 Å². The highest BCUT2D eigenvalue weighted by atomic mass is 16.4. The molecule has 0 saturated carbocycles. The fourth-order valence-corrected chi connectivity index (χ4v) is 3.78. The Morgan fingerprint density at radius 2 is 1.07 bits per heavy atom. The van der Waals surface area contributed by atoms with Gasteiger partial charge in [-0.3, -0.25) is 4.48 Å². The van der Waals surface area contributed by atoms with Crippen LogP contribution in [0.25, 0.3) is 0 Å². The first-order chi connectivity index (χ1) is 14.4. The fraction of sp³-hybridized carbons (Fsp3) is 0.846. The number of carboxylic acid groups (broad SMARTS) is 1. The zero-order chi connectivity index (χ0) is 22.5. The van der Waals surface area contributed by atoms with E-state index in [4.69, 9.17) is 5.11 Å². The van der Waals surface area contributed by atoms with Gasteiger partial charge in [0, 0.05) is 0 Å². The normalized spacial score (nSPS) is 12.0. The Labute approximate surface area is 186 Å². The standard InChI is InChI=1S/C26H49NO3/c1-4-5-6-7-8-9-10-11-12-13-14-15-16-17-18-19-20-21-22-23-25(28)27(2,3)24-26(29)30/h11-12H,4-10,13-24H2,1-3H3/p+1/b12-11-. The van der Waals surface area contributed by atoms with Crippen LogP contribution in [0.3, 0.4) is 0 Å². The second-order valence-electron chi connectivity index (χ2n) is 9.38. The van der Waals surface area contributed by atoms with E-state index < -0.39 is 5.97 Å². The lowest BCUT2D eigenvalue weighted by atomic mass is 10.0. The molecule has 1 N–H and O–H groups in total. The SMILES string of the molecule is CCCCCCCC/C=C\CCCCCCCCCCCC(=O)[N+](C)(C)CC(=O)O. The van der Waals surface area contributed by atoms with Crippen LogP contribution in [0.2, 0.25) is 0 Å². The van der Waals surface area contributed by atoms with Crippen LogP contribution >= 0.6 is 0 Å². The number of carboxylic acids is 1. The summed E-state index contributed by atoms with van der Waals surface area (Å²) >= 11 is 0. The molecule has 176 valence electrons. The number of quaternary nitrogens is 1. The largest absolute Gasteiger partial charge is 0.477 e. The van der Waals surface area contributed by atoms with Crippen molar-refractivity contribution >= 4 is 11.9 Å². The van der Waals surface area contributed by atoms with Crippen LogP contribution in [-0.2, 0) is 9.59 Å². The zero-order valence-corrected chi connectivity index (χ0v) is 20.3. The third-order valence-electron chi connectivity index (χ3n) is 5.86. The Kier molecular flexibility index (Phi) is 19.0. The molecule has 0 fully saturated rings. The highest BCUT2D eigenvalue weighted by Gasteiger charge is 2.28. The molecule has 0 spiro atoms. The molecule has 0 aliphatic carbocycles. The summed E-state index contributed by atoms with van der Waals surface area (Å²) < 4.78 is -0.0520. The fourth-order valence-electron chi connectivity index (χ4n) is 3.78. The lowest BCUT2D eigenvalue weighted by Gasteiger charge is -2.24. The quantitative estimate of drug-likeness (QED) is 0.120. The Balaban J connectivity index is 3.34. The number of carbonyl (C=O) groups is 2. The Morgan fingerprint density at radius 3 is 1.50 bits per heavy atom. The monoisotopic (exact) mass is 424 g/mol. The molecule has 0 saturated heterocycles. The van der Waals surface area contributed by atoms with Crippen molar-refractivity contribution in [3.8, 4) is 0 Å². The number of allylic oxidation sites excluding steroid dienone is 2. The molecule has 0 atom stereocenters. The average Bonchev–Trinajstić information content (AvgIpc) is 2.68. The number of hydrogen-bond acceptors (Lipinski definition) is 2. The van der Waals surface area contributed by atoms with Crippen molar-refractivity contribution < 1.29 is 19.2 Å². The highest BCUT2D eigenvalue weighted by Crippen LogP contribution is 2.13. The van der Waals surface area contributed by atoms with E-state index in [1.54, 1.807) is 14.1 Å². The topological polar surface area (TPSA) is 54.4 Å². The van der Waals surface area contributed by atoms with Gasteiger partial charge in [0.1, 0.15) is 0 Å². The van der Waals surface area contributed by atoms with E-state index in [1.807, 2.05) is 0 Å². The van der Waals surface area contributed by atoms with Crippen molar-refractivity contribution in [3.63, 3.8) is 0 Å². The molecule has 0 unspecified atom stereocenters. The van der Waals surface area contributed by atoms with Crippen molar-refractivity contribution in [1.82, 2.24) is 0 Å². The van der Waals surface area contributed by atoms with Crippen LogP contribution in [0.5, 0.6) is 0 Å². The number of nitrogens with zero attached hydrogens (tertiary/aromatic N) is 1. The van der Waals surface area contributed by atoms with Gasteiger partial charge in [-0.1, -0.05) is 96.1 Å². The highest BCUT2D eigenvalue weighted by molar-refractivity contribution is 5.74. The Hall–Kier alpha value is -1.16. The molecule has 0 aliphatic heterocycles. The lowest BCUT2D eigenvalue weighted by molar-refractivity contribution is -0.806. The predicted octanol–water partition coefficient (Wildman–Crippen LogP) is 7.27. The predicted molar refractivity (Wildman–Crippen MR) is 128 cm³/mol. The van der Waals surface area contributed by atoms with Crippen molar-refractivity contribution in [2.24, 2.45) is 0 Å². The lowest BCUT2D eigenvalue weighted by Crippen LogP contribution is -2.48. The minimum absolute atomic E-state index is 0.0263. The third kappa shape index (κ3) is 18.8. The number of aliphatic carboxylic acids is 1. The zero-order valence-electron chi connectivity index (χ0n) is 20.3. The third-order valence-corrected chi connectivity index (χ3v) is 5.86. The van der Waals surface area contributed by atoms with Gasteiger partial charge in [-0.2, -0.15) is 0 Å². The van der Waals surface area contributed by atoms with E-state index in [2.05, 4.69) is 19.1 Å². The maximum atomic E-state index is 12.1. The minimum Gasteiger partial charge on any atom is -0.477 e. The Bertz CT molecular complexity index is 457. The summed E-state index contributed by atoms with van der Waals surface area (Å²) in [6, 6.07) is 0. The first-order valence-corrected chi connectivity index (χ1v) is 12.6. The average molecular weight is 425 g/mol. The summed E-state index contributed by atoms with van der Waals surface area (Å²) in [5, 5.41) is 8.86. The van der Waals surface area contributed by atoms with E-state index in [-0.39, 0.29) is 16.9 Å². The van der Waals surface area contributed by atoms with Crippen molar-refractivity contribution in [2.75, 3.05) is 20.6 Å². The van der Waals surface area contributed by atoms with Crippen LogP contribution in [0.1, 0.15) is 122 Å². The minimum atomic E-state index is -0.919. The van der Waals surface area contributed by atoms with Crippen LogP contribution in [0.15, 0.2) is 12.2 Å². The molecule has 0 rings (SSSR count). The van der Waals surface area contributed by atoms with E-state index in [0.717, 1.165) is 12.8 Å². The number of carbonyl (C=O) groups excluding carboxylic acids is 1. The molecule has 0 heterocycles. The maximum absolute atomic E-state index is 12.1. The first-order valence-electron chi connectivity index (χ1n) is 12.6. The van der Waals surface area contributed by atoms with Crippen LogP contribution in [0.4, 0.5) is 0 Å². The van der Waals surface area contributed by atoms with E-state index in [1.165, 1.54) is 96.3 Å². The Morgan fingerprint density at radius 1 is 0.667 bits per heavy atom. The number of rotatable bonds is 21. The van der Waals surface area contributed by atoms with Gasteiger partial charge in [-0.05, 0) is 32.1 Å². The molecule has 30 heavy (non-hydrogen) atoms. The molecule has 0 bridgehead atoms. The van der Waals surface area contributed by atoms with Gasteiger partial charge in [0.05, 0.1) is 20.5 Å². The number of amides is 1. The second-order valence-corrected chi connectivity index (χ2v) is 9.38. The van der Waals surface area contributed by atoms with Gasteiger partial charge in [0.2, 0.25) is 0 Å². The molecule has 0 aromatic rings. The molecule has 1 amide bonds. The summed E-state index contributed by atoms with van der Waals surface area (Å²) in [5.74, 6) is -0.893. The molecule has 0 radical (unpaired) electrons. The van der Waals surface area contributed by atoms with Crippen LogP contribution in [-0.4, -0.2) is 42.1 Å². The molecule has 0 aromatic carbocycles. The van der Waals surface area contributed by atoms with E-state index in [9.17, 15) is 9.59 Å². The molecule has 4 nitrogen and oxygen atoms in total. The molecule has 0 aliphatic rings. The molecule has 0 aromatic heterocycles. The van der Waals surface area contributed by atoms with Crippen LogP contribution in [0, 0.1) is 0 Å². The van der Waals surface area contributed by atoms with Gasteiger partial charge in [0.15, 0.2) is 6.54 Å². The van der Waals surface area contributed by atoms with Crippen molar-refractivity contribution in [1.29, 1.82) is 0 Å². The number of unbranched alkanes of at least 4 members (excludes halogenated alkanes) is 15. The van der Waals surface area contributed by atoms with Crippen LogP contribution < -0.4 is 0 Å². The summed E-state index contributed by atoms with van der Waals surface area (Å²) in [6.07, 6.45) is 27.0. The summed E-state index contributed by atoms with van der Waals surface area (Å²) in [4.78, 5) is 22.9. The van der Waals surface area contributed by atoms with Gasteiger partial charge < -0.3 is 5.11 Å². The summed E-state index contributed by atoms with van der Waals surface area (Å²) in [7, 11) is 3.36. The van der Waals surface area contributed by atoms with Gasteiger partial charge in [-0.15, -0.1) is 0 Å². The van der Waals surface area contributed by atoms with Gasteiger partial charge in [0.25, 0.3) is 0 Å². The number of likely N-dealkylation sites (N-methyl/N-ethyl adjacent to an activating group) is 1. The second kappa shape index (κ2) is 19.8. The van der Waals surface area contributed by atoms with E-state index >= 15 is 0 Å². The summed E-state index contributed by atoms with van der Waals surface area (Å²) in [6.45, 7) is 2.14. The maximum Gasteiger partial charge on any atom is 0.359 e. The molecular formula is C26H50NO3+. The summed E-state index contributed by atoms with van der Waals surface area (Å²) in [5.41, 5.74) is 0. The van der Waals surface area contributed by atoms with Crippen molar-refractivity contribution in [3.05, 3.63) is 12.2 Å². The van der Waals surface area contributed by atoms with Crippen molar-refractivity contribution in [2.45, 2.75) is 122 Å². The number of hydrogen-bond donors (Lipinski definition) is 1. The van der Waals surface area contributed by atoms with Gasteiger partial charge >= 0.3 is 11.9 Å². The first kappa shape index (κ1) is 28.8. The van der Waals surface area contributed by atoms with E-state index in [0.29, 0.717) is 6.42 Å².